The van der Waals surface area contributed by atoms with Crippen LogP contribution >= 0.6 is 11.3 Å². The van der Waals surface area contributed by atoms with Gasteiger partial charge in [0, 0.05) is 33.6 Å². The van der Waals surface area contributed by atoms with E-state index in [1.807, 2.05) is 12.1 Å². The van der Waals surface area contributed by atoms with Crippen LogP contribution in [0.15, 0.2) is 235 Å². The molecule has 0 unspecified atom stereocenters. The Kier molecular flexibility index (Phi) is 9.02. The fraction of sp³-hybridized carbons (Fsp3) is 0. The summed E-state index contributed by atoms with van der Waals surface area (Å²) in [6.45, 7) is 0. The van der Waals surface area contributed by atoms with Gasteiger partial charge in [-0.3, -0.25) is 0 Å². The topological polar surface area (TPSA) is 29.3 Å². The minimum atomic E-state index is 0.838. The largest absolute Gasteiger partial charge is 0.456 e. The van der Waals surface area contributed by atoms with Gasteiger partial charge in [-0.05, 0) is 104 Å². The van der Waals surface area contributed by atoms with E-state index in [1.54, 1.807) is 11.3 Å². The highest BCUT2D eigenvalue weighted by molar-refractivity contribution is 7.22. The first kappa shape index (κ1) is 36.8. The average Bonchev–Trinajstić information content (AvgIpc) is 3.97. The molecule has 0 saturated heterocycles. The van der Waals surface area contributed by atoms with Crippen LogP contribution in [0.3, 0.4) is 0 Å². The molecule has 296 valence electrons. The summed E-state index contributed by atoms with van der Waals surface area (Å²) in [6.07, 6.45) is 0. The minimum absolute atomic E-state index is 0.838. The standard InChI is InChI=1S/C59H38N2OS/c1-3-12-39(13-4-1)42-22-25-45(26-23-42)59-60-57-56-52-20-9-10-21-54(52)62-55(56)38-53(58(57)63-59)44-30-34-50(35-31-44)61(51-19-11-18-47(37-51)40-14-5-2-6-15-40)49-32-28-43(29-33-49)48-27-24-41-16-7-8-17-46(41)36-48/h1-38H. The van der Waals surface area contributed by atoms with Crippen molar-refractivity contribution in [3.8, 4) is 55.1 Å². The summed E-state index contributed by atoms with van der Waals surface area (Å²) in [4.78, 5) is 7.72. The van der Waals surface area contributed by atoms with Crippen LogP contribution in [0.2, 0.25) is 0 Å². The van der Waals surface area contributed by atoms with Crippen molar-refractivity contribution in [1.82, 2.24) is 4.98 Å². The number of nitrogens with zero attached hydrogens (tertiary/aromatic N) is 2. The zero-order valence-electron chi connectivity index (χ0n) is 34.2. The Morgan fingerprint density at radius 1 is 0.365 bits per heavy atom. The summed E-state index contributed by atoms with van der Waals surface area (Å²) >= 11 is 1.74. The number of benzene rings is 10. The lowest BCUT2D eigenvalue weighted by Gasteiger charge is -2.26. The highest BCUT2D eigenvalue weighted by Crippen LogP contribution is 2.45. The first-order chi connectivity index (χ1) is 31.2. The molecule has 63 heavy (non-hydrogen) atoms. The lowest BCUT2D eigenvalue weighted by atomic mass is 10.00. The van der Waals surface area contributed by atoms with E-state index in [4.69, 9.17) is 9.40 Å². The van der Waals surface area contributed by atoms with Crippen LogP contribution in [-0.2, 0) is 0 Å². The van der Waals surface area contributed by atoms with E-state index in [-0.39, 0.29) is 0 Å². The number of para-hydroxylation sites is 1. The molecule has 2 aromatic heterocycles. The second-order valence-corrected chi connectivity index (χ2v) is 16.9. The Labute approximate surface area is 369 Å². The van der Waals surface area contributed by atoms with Gasteiger partial charge in [-0.1, -0.05) is 176 Å². The van der Waals surface area contributed by atoms with Crippen molar-refractivity contribution < 1.29 is 4.42 Å². The first-order valence-electron chi connectivity index (χ1n) is 21.3. The van der Waals surface area contributed by atoms with Crippen LogP contribution in [0.1, 0.15) is 0 Å². The van der Waals surface area contributed by atoms with E-state index in [0.717, 1.165) is 70.9 Å². The van der Waals surface area contributed by atoms with Crippen LogP contribution in [0.5, 0.6) is 0 Å². The van der Waals surface area contributed by atoms with Gasteiger partial charge in [0.25, 0.3) is 0 Å². The Bertz CT molecular complexity index is 3590. The molecule has 0 amide bonds. The molecular weight excluding hydrogens is 785 g/mol. The normalized spacial score (nSPS) is 11.5. The maximum Gasteiger partial charge on any atom is 0.138 e. The minimum Gasteiger partial charge on any atom is -0.456 e. The summed E-state index contributed by atoms with van der Waals surface area (Å²) in [5.41, 5.74) is 16.3. The molecule has 0 aliphatic carbocycles. The molecule has 3 nitrogen and oxygen atoms in total. The van der Waals surface area contributed by atoms with Gasteiger partial charge < -0.3 is 9.32 Å². The highest BCUT2D eigenvalue weighted by atomic mass is 32.1. The second-order valence-electron chi connectivity index (χ2n) is 15.9. The van der Waals surface area contributed by atoms with Crippen LogP contribution in [0, 0.1) is 0 Å². The number of anilines is 3. The van der Waals surface area contributed by atoms with Crippen molar-refractivity contribution in [3.63, 3.8) is 0 Å². The number of hydrogen-bond acceptors (Lipinski definition) is 4. The maximum absolute atomic E-state index is 6.55. The third-order valence-electron chi connectivity index (χ3n) is 12.1. The molecule has 10 aromatic carbocycles. The van der Waals surface area contributed by atoms with Gasteiger partial charge in [-0.15, -0.1) is 11.3 Å². The number of thiazole rings is 1. The zero-order valence-corrected chi connectivity index (χ0v) is 35.0. The molecule has 0 atom stereocenters. The summed E-state index contributed by atoms with van der Waals surface area (Å²) in [5, 5.41) is 5.60. The third kappa shape index (κ3) is 6.74. The van der Waals surface area contributed by atoms with Gasteiger partial charge in [0.05, 0.1) is 15.6 Å². The number of fused-ring (bicyclic) bond motifs is 6. The van der Waals surface area contributed by atoms with Gasteiger partial charge in [0.1, 0.15) is 16.2 Å². The van der Waals surface area contributed by atoms with Crippen LogP contribution in [-0.4, -0.2) is 4.98 Å². The van der Waals surface area contributed by atoms with E-state index in [2.05, 4.69) is 223 Å². The molecule has 0 bridgehead atoms. The summed E-state index contributed by atoms with van der Waals surface area (Å²) in [5.74, 6) is 0. The van der Waals surface area contributed by atoms with Crippen LogP contribution in [0.4, 0.5) is 17.1 Å². The molecule has 2 heterocycles. The number of furan rings is 1. The molecule has 0 aliphatic rings. The Morgan fingerprint density at radius 2 is 0.905 bits per heavy atom. The van der Waals surface area contributed by atoms with Crippen molar-refractivity contribution in [2.75, 3.05) is 4.90 Å². The van der Waals surface area contributed by atoms with Crippen molar-refractivity contribution in [1.29, 1.82) is 0 Å². The Morgan fingerprint density at radius 3 is 1.65 bits per heavy atom. The molecule has 12 rings (SSSR count). The van der Waals surface area contributed by atoms with Gasteiger partial charge in [0.2, 0.25) is 0 Å². The van der Waals surface area contributed by atoms with Crippen LogP contribution in [0.25, 0.3) is 98.0 Å². The predicted octanol–water partition coefficient (Wildman–Crippen LogP) is 17.2. The summed E-state index contributed by atoms with van der Waals surface area (Å²) in [6, 6.07) is 82.3. The van der Waals surface area contributed by atoms with Crippen molar-refractivity contribution in [2.45, 2.75) is 0 Å². The smallest absolute Gasteiger partial charge is 0.138 e. The van der Waals surface area contributed by atoms with Crippen molar-refractivity contribution in [2.24, 2.45) is 0 Å². The van der Waals surface area contributed by atoms with E-state index in [9.17, 15) is 0 Å². The Hall–Kier alpha value is -8.05. The summed E-state index contributed by atoms with van der Waals surface area (Å²) in [7, 11) is 0. The Balaban J connectivity index is 0.963. The lowest BCUT2D eigenvalue weighted by molar-refractivity contribution is 0.669. The van der Waals surface area contributed by atoms with Gasteiger partial charge >= 0.3 is 0 Å². The van der Waals surface area contributed by atoms with Crippen molar-refractivity contribution in [3.05, 3.63) is 231 Å². The number of aromatic nitrogens is 1. The molecule has 12 aromatic rings. The van der Waals surface area contributed by atoms with E-state index < -0.39 is 0 Å². The quantitative estimate of drug-likeness (QED) is 0.153. The van der Waals surface area contributed by atoms with E-state index in [0.29, 0.717) is 0 Å². The number of rotatable bonds is 8. The van der Waals surface area contributed by atoms with Crippen molar-refractivity contribution >= 4 is 71.3 Å². The fourth-order valence-corrected chi connectivity index (χ4v) is 10.0. The monoisotopic (exact) mass is 822 g/mol. The SMILES string of the molecule is c1ccc(-c2ccc(-c3nc4c(s3)c(-c3ccc(N(c5ccc(-c6ccc7ccccc7c6)cc5)c5cccc(-c6ccccc6)c5)cc3)cc3oc5ccccc5c34)cc2)cc1. The number of hydrogen-bond donors (Lipinski definition) is 0. The fourth-order valence-electron chi connectivity index (χ4n) is 8.92. The molecule has 0 fully saturated rings. The predicted molar refractivity (Wildman–Crippen MR) is 266 cm³/mol. The molecule has 0 N–H and O–H groups in total. The van der Waals surface area contributed by atoms with Gasteiger partial charge in [-0.25, -0.2) is 4.98 Å². The molecule has 0 spiro atoms. The zero-order chi connectivity index (χ0) is 41.7. The summed E-state index contributed by atoms with van der Waals surface area (Å²) < 4.78 is 7.69. The first-order valence-corrected chi connectivity index (χ1v) is 22.1. The molecule has 0 saturated carbocycles. The maximum atomic E-state index is 6.55. The molecule has 0 radical (unpaired) electrons. The lowest BCUT2D eigenvalue weighted by Crippen LogP contribution is -2.10. The molecule has 0 aliphatic heterocycles. The molecular formula is C59H38N2OS. The average molecular weight is 823 g/mol. The van der Waals surface area contributed by atoms with Crippen LogP contribution < -0.4 is 4.90 Å². The van der Waals surface area contributed by atoms with Gasteiger partial charge in [0.15, 0.2) is 0 Å². The highest BCUT2D eigenvalue weighted by Gasteiger charge is 2.21. The van der Waals surface area contributed by atoms with Gasteiger partial charge in [-0.2, -0.15) is 0 Å². The third-order valence-corrected chi connectivity index (χ3v) is 13.2. The van der Waals surface area contributed by atoms with E-state index >= 15 is 0 Å². The second kappa shape index (κ2) is 15.4. The van der Waals surface area contributed by atoms with E-state index in [1.165, 1.54) is 44.2 Å². The molecule has 4 heteroatoms.